The number of alkyl halides is 1. The summed E-state index contributed by atoms with van der Waals surface area (Å²) in [5.41, 5.74) is 5.60. The Kier molecular flexibility index (Phi) is 9.44. The highest BCUT2D eigenvalue weighted by Crippen LogP contribution is 2.30. The molecule has 0 aliphatic heterocycles. The lowest BCUT2D eigenvalue weighted by atomic mass is 9.88. The van der Waals surface area contributed by atoms with Gasteiger partial charge < -0.3 is 5.32 Å². The predicted molar refractivity (Wildman–Crippen MR) is 132 cm³/mol. The van der Waals surface area contributed by atoms with Crippen LogP contribution in [0.4, 0.5) is 4.39 Å². The fourth-order valence-electron chi connectivity index (χ4n) is 3.68. The molecule has 0 aliphatic rings. The van der Waals surface area contributed by atoms with Gasteiger partial charge in [0, 0.05) is 24.2 Å². The fourth-order valence-corrected chi connectivity index (χ4v) is 3.77. The molecule has 2 atom stereocenters. The molecule has 1 heterocycles. The minimum absolute atomic E-state index is 0.107. The lowest BCUT2D eigenvalue weighted by Gasteiger charge is -2.20. The molecule has 166 valence electrons. The largest absolute Gasteiger partial charge is 0.331 e. The second kappa shape index (κ2) is 11.8. The van der Waals surface area contributed by atoms with Crippen LogP contribution in [-0.4, -0.2) is 17.4 Å². The number of unbranched alkanes of at least 4 members (excludes halogenated alkanes) is 1. The van der Waals surface area contributed by atoms with Crippen LogP contribution in [0.1, 0.15) is 79.2 Å². The number of aromatic nitrogens is 1. The molecule has 0 saturated carbocycles. The summed E-state index contributed by atoms with van der Waals surface area (Å²) in [6.45, 7) is 16.0. The molecule has 0 amide bonds. The van der Waals surface area contributed by atoms with E-state index in [1.165, 1.54) is 0 Å². The van der Waals surface area contributed by atoms with Crippen molar-refractivity contribution in [2.45, 2.75) is 59.0 Å². The summed E-state index contributed by atoms with van der Waals surface area (Å²) in [5.74, 6) is 0.707. The number of rotatable bonds is 10. The van der Waals surface area contributed by atoms with Gasteiger partial charge in [-0.25, -0.2) is 4.39 Å². The van der Waals surface area contributed by atoms with Crippen LogP contribution in [-0.2, 0) is 6.42 Å². The number of amidine groups is 1. The van der Waals surface area contributed by atoms with Gasteiger partial charge in [0.05, 0.1) is 5.69 Å². The molecule has 1 unspecified atom stereocenters. The van der Waals surface area contributed by atoms with E-state index in [-0.39, 0.29) is 11.1 Å². The van der Waals surface area contributed by atoms with E-state index in [4.69, 9.17) is 16.6 Å². The molecule has 1 aromatic heterocycles. The average Bonchev–Trinajstić information content (AvgIpc) is 2.74. The zero-order chi connectivity index (χ0) is 23.0. The first-order valence-electron chi connectivity index (χ1n) is 10.8. The molecular weight excluding hydrogens is 409 g/mol. The molecule has 1 aromatic carbocycles. The Morgan fingerprint density at radius 2 is 2.03 bits per heavy atom. The maximum atomic E-state index is 14.3. The van der Waals surface area contributed by atoms with Crippen LogP contribution in [0.15, 0.2) is 53.8 Å². The molecule has 3 nitrogen and oxygen atoms in total. The molecule has 0 saturated heterocycles. The van der Waals surface area contributed by atoms with E-state index in [1.807, 2.05) is 25.1 Å². The van der Waals surface area contributed by atoms with E-state index in [0.717, 1.165) is 52.8 Å². The SMILES string of the molecule is C=Cc1ncc(C)cc1C(=NC[C@H](C)c1cccc(C(C)F)c1CCCC)NC(=C)Cl. The van der Waals surface area contributed by atoms with Gasteiger partial charge >= 0.3 is 0 Å². The Balaban J connectivity index is 2.43. The molecule has 5 heteroatoms. The average molecular weight is 442 g/mol. The summed E-state index contributed by atoms with van der Waals surface area (Å²) in [6, 6.07) is 7.93. The smallest absolute Gasteiger partial charge is 0.135 e. The summed E-state index contributed by atoms with van der Waals surface area (Å²) >= 11 is 6.05. The van der Waals surface area contributed by atoms with Crippen molar-refractivity contribution in [3.8, 4) is 0 Å². The van der Waals surface area contributed by atoms with Gasteiger partial charge in [0.25, 0.3) is 0 Å². The number of aryl methyl sites for hydroxylation is 1. The molecule has 1 N–H and O–H groups in total. The van der Waals surface area contributed by atoms with Crippen LogP contribution in [0.5, 0.6) is 0 Å². The van der Waals surface area contributed by atoms with E-state index < -0.39 is 6.17 Å². The number of nitrogens with zero attached hydrogens (tertiary/aromatic N) is 2. The molecule has 0 fully saturated rings. The van der Waals surface area contributed by atoms with Crippen molar-refractivity contribution in [1.29, 1.82) is 0 Å². The third-order valence-electron chi connectivity index (χ3n) is 5.27. The molecule has 0 aliphatic carbocycles. The van der Waals surface area contributed by atoms with Crippen molar-refractivity contribution in [2.24, 2.45) is 4.99 Å². The number of halogens is 2. The summed E-state index contributed by atoms with van der Waals surface area (Å²) in [7, 11) is 0. The fraction of sp³-hybridized carbons (Fsp3) is 0.385. The van der Waals surface area contributed by atoms with Crippen LogP contribution in [0.3, 0.4) is 0 Å². The second-order valence-corrected chi connectivity index (χ2v) is 8.36. The predicted octanol–water partition coefficient (Wildman–Crippen LogP) is 7.26. The van der Waals surface area contributed by atoms with Crippen LogP contribution < -0.4 is 5.32 Å². The molecule has 0 bridgehead atoms. The minimum Gasteiger partial charge on any atom is -0.331 e. The highest BCUT2D eigenvalue weighted by atomic mass is 35.5. The molecule has 2 aromatic rings. The zero-order valence-electron chi connectivity index (χ0n) is 19.0. The Bertz CT molecular complexity index is 950. The number of pyridine rings is 1. The van der Waals surface area contributed by atoms with Gasteiger partial charge in [-0.05, 0) is 61.1 Å². The van der Waals surface area contributed by atoms with E-state index in [2.05, 4.69) is 43.4 Å². The van der Waals surface area contributed by atoms with Crippen LogP contribution in [0.2, 0.25) is 0 Å². The Morgan fingerprint density at radius 3 is 2.65 bits per heavy atom. The molecular formula is C26H33ClFN3. The number of hydrogen-bond donors (Lipinski definition) is 1. The van der Waals surface area contributed by atoms with Crippen molar-refractivity contribution < 1.29 is 4.39 Å². The van der Waals surface area contributed by atoms with Gasteiger partial charge in [-0.2, -0.15) is 0 Å². The lowest BCUT2D eigenvalue weighted by Crippen LogP contribution is -2.24. The second-order valence-electron chi connectivity index (χ2n) is 7.90. The van der Waals surface area contributed by atoms with Gasteiger partial charge in [0.1, 0.15) is 17.2 Å². The van der Waals surface area contributed by atoms with E-state index in [9.17, 15) is 4.39 Å². The monoisotopic (exact) mass is 441 g/mol. The van der Waals surface area contributed by atoms with Crippen molar-refractivity contribution in [2.75, 3.05) is 6.54 Å². The normalized spacial score (nSPS) is 13.5. The third kappa shape index (κ3) is 6.76. The van der Waals surface area contributed by atoms with Gasteiger partial charge in [0.2, 0.25) is 0 Å². The Morgan fingerprint density at radius 1 is 1.32 bits per heavy atom. The van der Waals surface area contributed by atoms with Crippen LogP contribution in [0, 0.1) is 6.92 Å². The van der Waals surface area contributed by atoms with Gasteiger partial charge in [-0.3, -0.25) is 9.98 Å². The topological polar surface area (TPSA) is 37.3 Å². The third-order valence-corrected chi connectivity index (χ3v) is 5.36. The first kappa shape index (κ1) is 24.8. The number of benzene rings is 1. The Hall–Kier alpha value is -2.46. The van der Waals surface area contributed by atoms with Crippen LogP contribution >= 0.6 is 11.6 Å². The summed E-state index contributed by atoms with van der Waals surface area (Å²) in [4.78, 5) is 9.27. The van der Waals surface area contributed by atoms with Crippen molar-refractivity contribution in [1.82, 2.24) is 10.3 Å². The highest BCUT2D eigenvalue weighted by molar-refractivity contribution is 6.30. The van der Waals surface area contributed by atoms with Crippen molar-refractivity contribution >= 4 is 23.5 Å². The van der Waals surface area contributed by atoms with Crippen molar-refractivity contribution in [3.05, 3.63) is 82.3 Å². The Labute approximate surface area is 191 Å². The zero-order valence-corrected chi connectivity index (χ0v) is 19.8. The van der Waals surface area contributed by atoms with Gasteiger partial charge in [-0.15, -0.1) is 0 Å². The first-order chi connectivity index (χ1) is 14.8. The summed E-state index contributed by atoms with van der Waals surface area (Å²) in [6.07, 6.45) is 5.46. The first-order valence-corrected chi connectivity index (χ1v) is 11.2. The van der Waals surface area contributed by atoms with Crippen LogP contribution in [0.25, 0.3) is 6.08 Å². The molecule has 0 radical (unpaired) electrons. The summed E-state index contributed by atoms with van der Waals surface area (Å²) in [5, 5.41) is 3.33. The minimum atomic E-state index is -0.993. The maximum absolute atomic E-state index is 14.3. The highest BCUT2D eigenvalue weighted by Gasteiger charge is 2.18. The lowest BCUT2D eigenvalue weighted by molar-refractivity contribution is 0.371. The molecule has 31 heavy (non-hydrogen) atoms. The number of nitrogens with one attached hydrogen (secondary N) is 1. The molecule has 2 rings (SSSR count). The van der Waals surface area contributed by atoms with Gasteiger partial charge in [-0.1, -0.05) is 63.2 Å². The quantitative estimate of drug-likeness (QED) is 0.239. The van der Waals surface area contributed by atoms with Crippen molar-refractivity contribution in [3.63, 3.8) is 0 Å². The van der Waals surface area contributed by atoms with E-state index in [1.54, 1.807) is 19.2 Å². The summed E-state index contributed by atoms with van der Waals surface area (Å²) < 4.78 is 14.3. The van der Waals surface area contributed by atoms with Gasteiger partial charge in [0.15, 0.2) is 0 Å². The number of aliphatic imine (C=N–C) groups is 1. The molecule has 0 spiro atoms. The van der Waals surface area contributed by atoms with E-state index in [0.29, 0.717) is 12.4 Å². The standard InChI is InChI=1S/C26H33ClFN3/c1-7-9-11-23-21(12-10-13-22(23)19(5)28)18(4)16-30-26(31-20(6)27)24-14-17(3)15-29-25(24)8-2/h8,10,12-15,18-19H,2,6-7,9,11,16H2,1,3-5H3,(H,30,31)/t18-,19?/m0/s1. The maximum Gasteiger partial charge on any atom is 0.135 e. The van der Waals surface area contributed by atoms with E-state index >= 15 is 0 Å². The number of hydrogen-bond acceptors (Lipinski definition) is 2.